The summed E-state index contributed by atoms with van der Waals surface area (Å²) in [7, 11) is -3.65. The highest BCUT2D eigenvalue weighted by molar-refractivity contribution is 7.90. The van der Waals surface area contributed by atoms with Crippen molar-refractivity contribution in [2.75, 3.05) is 18.5 Å². The fraction of sp³-hybridized carbons (Fsp3) is 0.300. The van der Waals surface area contributed by atoms with Crippen LogP contribution < -0.4 is 14.8 Å². The molecule has 2 aromatic carbocycles. The van der Waals surface area contributed by atoms with Crippen molar-refractivity contribution in [3.63, 3.8) is 0 Å². The predicted molar refractivity (Wildman–Crippen MR) is 106 cm³/mol. The van der Waals surface area contributed by atoms with E-state index in [9.17, 15) is 13.2 Å². The molecule has 0 saturated heterocycles. The van der Waals surface area contributed by atoms with Gasteiger partial charge in [-0.05, 0) is 47.9 Å². The van der Waals surface area contributed by atoms with Crippen LogP contribution in [0.15, 0.2) is 52.4 Å². The molecule has 0 fully saturated rings. The fourth-order valence-corrected chi connectivity index (χ4v) is 4.38. The van der Waals surface area contributed by atoms with Crippen LogP contribution in [0.5, 0.6) is 5.75 Å². The second-order valence-electron chi connectivity index (χ2n) is 6.83. The molecule has 0 bridgehead atoms. The van der Waals surface area contributed by atoms with Crippen LogP contribution in [0.25, 0.3) is 0 Å². The van der Waals surface area contributed by atoms with Gasteiger partial charge in [0.05, 0.1) is 17.9 Å². The average molecular weight is 399 g/mol. The minimum Gasteiger partial charge on any atom is -0.493 e. The minimum atomic E-state index is -3.65. The Labute approximate surface area is 163 Å². The molecular weight excluding hydrogens is 378 g/mol. The Morgan fingerprint density at radius 3 is 2.68 bits per heavy atom. The van der Waals surface area contributed by atoms with Crippen molar-refractivity contribution in [2.45, 2.75) is 30.6 Å². The second-order valence-corrected chi connectivity index (χ2v) is 8.51. The first-order chi connectivity index (χ1) is 13.5. The molecule has 0 spiro atoms. The van der Waals surface area contributed by atoms with Crippen LogP contribution in [0.1, 0.15) is 24.0 Å². The molecule has 0 saturated carbocycles. The summed E-state index contributed by atoms with van der Waals surface area (Å²) in [5.74, 6) is 1.23. The third-order valence-corrected chi connectivity index (χ3v) is 6.09. The molecule has 146 valence electrons. The van der Waals surface area contributed by atoms with E-state index in [0.29, 0.717) is 31.1 Å². The van der Waals surface area contributed by atoms with Gasteiger partial charge in [0.2, 0.25) is 5.91 Å². The van der Waals surface area contributed by atoms with E-state index in [4.69, 9.17) is 4.74 Å². The number of ether oxygens (including phenoxy) is 1. The number of nitrogens with one attached hydrogen (secondary N) is 2. The van der Waals surface area contributed by atoms with Crippen LogP contribution in [-0.2, 0) is 27.7 Å². The lowest BCUT2D eigenvalue weighted by atomic mass is 10.1. The van der Waals surface area contributed by atoms with Crippen molar-refractivity contribution in [1.82, 2.24) is 4.72 Å². The van der Waals surface area contributed by atoms with Crippen molar-refractivity contribution in [1.29, 1.82) is 0 Å². The molecular formula is C20H21N3O4S. The van der Waals surface area contributed by atoms with Crippen LogP contribution in [0.2, 0.25) is 0 Å². The molecule has 2 heterocycles. The van der Waals surface area contributed by atoms with E-state index in [1.807, 2.05) is 18.2 Å². The second kappa shape index (κ2) is 7.63. The summed E-state index contributed by atoms with van der Waals surface area (Å²) in [5.41, 5.74) is 2.59. The van der Waals surface area contributed by atoms with E-state index in [2.05, 4.69) is 15.0 Å². The fourth-order valence-electron chi connectivity index (χ4n) is 3.29. The smallest absolute Gasteiger partial charge is 0.262 e. The summed E-state index contributed by atoms with van der Waals surface area (Å²) in [6.45, 7) is 1.34. The van der Waals surface area contributed by atoms with Gasteiger partial charge < -0.3 is 10.1 Å². The monoisotopic (exact) mass is 399 g/mol. The Morgan fingerprint density at radius 2 is 1.93 bits per heavy atom. The van der Waals surface area contributed by atoms with Gasteiger partial charge in [0, 0.05) is 25.1 Å². The first-order valence-electron chi connectivity index (χ1n) is 9.20. The van der Waals surface area contributed by atoms with E-state index < -0.39 is 10.0 Å². The van der Waals surface area contributed by atoms with Gasteiger partial charge >= 0.3 is 0 Å². The number of carbonyl (C=O) groups excluding carboxylic acids is 1. The van der Waals surface area contributed by atoms with Crippen LogP contribution >= 0.6 is 0 Å². The molecule has 0 aliphatic carbocycles. The van der Waals surface area contributed by atoms with Gasteiger partial charge in [-0.25, -0.2) is 8.42 Å². The highest BCUT2D eigenvalue weighted by atomic mass is 32.2. The number of benzene rings is 2. The van der Waals surface area contributed by atoms with Crippen molar-refractivity contribution in [3.05, 3.63) is 53.6 Å². The molecule has 2 N–H and O–H groups in total. The molecule has 28 heavy (non-hydrogen) atoms. The average Bonchev–Trinajstić information content (AvgIpc) is 3.33. The molecule has 0 radical (unpaired) electrons. The molecule has 1 amide bonds. The number of hydrogen-bond acceptors (Lipinski definition) is 5. The molecule has 7 nitrogen and oxygen atoms in total. The van der Waals surface area contributed by atoms with Gasteiger partial charge in [0.15, 0.2) is 0 Å². The lowest BCUT2D eigenvalue weighted by Gasteiger charge is -2.09. The number of sulfonamides is 1. The van der Waals surface area contributed by atoms with Crippen molar-refractivity contribution >= 4 is 27.5 Å². The zero-order valence-electron chi connectivity index (χ0n) is 15.3. The summed E-state index contributed by atoms with van der Waals surface area (Å²) >= 11 is 0. The normalized spacial score (nSPS) is 15.5. The minimum absolute atomic E-state index is 0.138. The van der Waals surface area contributed by atoms with Gasteiger partial charge in [-0.1, -0.05) is 12.1 Å². The first kappa shape index (κ1) is 18.5. The Morgan fingerprint density at radius 1 is 1.11 bits per heavy atom. The SMILES string of the molecule is O=C(Cc1ccc2c(c1)CCO2)Nc1ccc(S(=O)(=O)NC2=NCCC2)cc1. The number of rotatable bonds is 5. The van der Waals surface area contributed by atoms with E-state index in [1.165, 1.54) is 12.1 Å². The number of aliphatic imine (C=N–C) groups is 1. The number of hydrogen-bond donors (Lipinski definition) is 2. The third kappa shape index (κ3) is 4.17. The Kier molecular flexibility index (Phi) is 5.04. The topological polar surface area (TPSA) is 96.9 Å². The zero-order valence-corrected chi connectivity index (χ0v) is 16.1. The van der Waals surface area contributed by atoms with Crippen LogP contribution in [0.3, 0.4) is 0 Å². The molecule has 0 unspecified atom stereocenters. The predicted octanol–water partition coefficient (Wildman–Crippen LogP) is 2.27. The van der Waals surface area contributed by atoms with Gasteiger partial charge in [-0.15, -0.1) is 0 Å². The van der Waals surface area contributed by atoms with Gasteiger partial charge in [-0.2, -0.15) is 0 Å². The number of nitrogens with zero attached hydrogens (tertiary/aromatic N) is 1. The van der Waals surface area contributed by atoms with E-state index >= 15 is 0 Å². The molecule has 4 rings (SSSR count). The molecule has 0 atom stereocenters. The summed E-state index contributed by atoms with van der Waals surface area (Å²) in [4.78, 5) is 16.6. The largest absolute Gasteiger partial charge is 0.493 e. The molecule has 2 aliphatic heterocycles. The maximum atomic E-state index is 12.4. The Balaban J connectivity index is 1.38. The van der Waals surface area contributed by atoms with Crippen molar-refractivity contribution < 1.29 is 17.9 Å². The van der Waals surface area contributed by atoms with E-state index in [1.54, 1.807) is 12.1 Å². The number of fused-ring (bicyclic) bond motifs is 1. The highest BCUT2D eigenvalue weighted by Crippen LogP contribution is 2.26. The lowest BCUT2D eigenvalue weighted by Crippen LogP contribution is -2.29. The van der Waals surface area contributed by atoms with Gasteiger partial charge in [0.25, 0.3) is 10.0 Å². The Hall–Kier alpha value is -2.87. The summed E-state index contributed by atoms with van der Waals surface area (Å²) < 4.78 is 32.7. The Bertz CT molecular complexity index is 1030. The number of anilines is 1. The lowest BCUT2D eigenvalue weighted by molar-refractivity contribution is -0.115. The van der Waals surface area contributed by atoms with Crippen LogP contribution in [0, 0.1) is 0 Å². The van der Waals surface area contributed by atoms with Crippen molar-refractivity contribution in [3.8, 4) is 5.75 Å². The maximum Gasteiger partial charge on any atom is 0.262 e. The van der Waals surface area contributed by atoms with E-state index in [0.717, 1.165) is 29.7 Å². The highest BCUT2D eigenvalue weighted by Gasteiger charge is 2.18. The maximum absolute atomic E-state index is 12.4. The third-order valence-electron chi connectivity index (χ3n) is 4.69. The standard InChI is InChI=1S/C20H21N3O4S/c24-20(13-14-3-8-18-15(12-14)9-11-27-18)22-16-4-6-17(7-5-16)28(25,26)23-19-2-1-10-21-19/h3-8,12H,1-2,9-11,13H2,(H,21,23)(H,22,24). The zero-order chi connectivity index (χ0) is 19.6. The molecule has 2 aliphatic rings. The number of carbonyl (C=O) groups is 1. The molecule has 8 heteroatoms. The molecule has 2 aromatic rings. The summed E-state index contributed by atoms with van der Waals surface area (Å²) in [6, 6.07) is 11.9. The van der Waals surface area contributed by atoms with Gasteiger partial charge in [-0.3, -0.25) is 14.5 Å². The molecule has 0 aromatic heterocycles. The van der Waals surface area contributed by atoms with Crippen molar-refractivity contribution in [2.24, 2.45) is 4.99 Å². The van der Waals surface area contributed by atoms with Gasteiger partial charge in [0.1, 0.15) is 11.6 Å². The first-order valence-corrected chi connectivity index (χ1v) is 10.7. The quantitative estimate of drug-likeness (QED) is 0.806. The number of amidine groups is 1. The van der Waals surface area contributed by atoms with Crippen LogP contribution in [0.4, 0.5) is 5.69 Å². The van der Waals surface area contributed by atoms with Crippen LogP contribution in [-0.4, -0.2) is 33.3 Å². The van der Waals surface area contributed by atoms with E-state index in [-0.39, 0.29) is 17.2 Å². The number of amides is 1. The summed E-state index contributed by atoms with van der Waals surface area (Å²) in [6.07, 6.45) is 2.61. The summed E-state index contributed by atoms with van der Waals surface area (Å²) in [5, 5.41) is 2.80.